The molecule has 6 atom stereocenters. The molecular weight excluding hydrogens is 682 g/mol. The van der Waals surface area contributed by atoms with E-state index in [1.165, 1.54) is 0 Å². The Morgan fingerprint density at radius 3 is 2.49 bits per heavy atom. The van der Waals surface area contributed by atoms with E-state index in [4.69, 9.17) is 33.2 Å². The van der Waals surface area contributed by atoms with Crippen molar-refractivity contribution in [1.29, 1.82) is 5.26 Å². The Labute approximate surface area is 311 Å². The third kappa shape index (κ3) is 6.82. The number of fused-ring (bicyclic) bond motifs is 9. The van der Waals surface area contributed by atoms with Gasteiger partial charge in [-0.2, -0.15) is 5.26 Å². The summed E-state index contributed by atoms with van der Waals surface area (Å²) in [4.78, 5) is 30.7. The molecular formula is C39H51N5O9. The van der Waals surface area contributed by atoms with Crippen LogP contribution in [0.5, 0.6) is 28.7 Å². The molecule has 0 aromatic heterocycles. The van der Waals surface area contributed by atoms with E-state index in [0.717, 1.165) is 33.4 Å². The van der Waals surface area contributed by atoms with Crippen molar-refractivity contribution in [2.45, 2.75) is 96.2 Å². The van der Waals surface area contributed by atoms with Crippen molar-refractivity contribution in [3.63, 3.8) is 0 Å². The second-order valence-corrected chi connectivity index (χ2v) is 15.0. The maximum absolute atomic E-state index is 13.7. The van der Waals surface area contributed by atoms with Gasteiger partial charge in [0.25, 0.3) is 0 Å². The summed E-state index contributed by atoms with van der Waals surface area (Å²) in [5.74, 6) is 2.63. The lowest BCUT2D eigenvalue weighted by molar-refractivity contribution is -0.123. The van der Waals surface area contributed by atoms with E-state index < -0.39 is 35.7 Å². The molecule has 14 nitrogen and oxygen atoms in total. The first kappa shape index (κ1) is 38.0. The number of amides is 2. The molecule has 0 saturated carbocycles. The molecule has 53 heavy (non-hydrogen) atoms. The summed E-state index contributed by atoms with van der Waals surface area (Å²) in [7, 11) is 5.27. The van der Waals surface area contributed by atoms with Crippen LogP contribution in [0.4, 0.5) is 4.79 Å². The summed E-state index contributed by atoms with van der Waals surface area (Å²) in [5.41, 5.74) is 4.77. The largest absolute Gasteiger partial charge is 0.493 e. The number of alkyl carbamates (subject to hydrolysis) is 1. The number of rotatable bonds is 11. The lowest BCUT2D eigenvalue weighted by Crippen LogP contribution is -2.69. The van der Waals surface area contributed by atoms with Crippen LogP contribution in [0.25, 0.3) is 0 Å². The number of carbonyl (C=O) groups excluding carboxylic acids is 2. The van der Waals surface area contributed by atoms with Crippen molar-refractivity contribution in [3.8, 4) is 34.8 Å². The standard InChI is InChI=1S/C39H51N5O9/c1-11-12-49-33-21(3)34-36(52-19-51-34)30-24(33)15-26-31-29-23(13-20(2)32(48-10)35(29)50-18-47-9)14-25(43(31)8)27(16-40)44(26)28(30)17-41-37(45)22(4)42-38(46)53-39(5,6)7/h11,13,22,25-28,31H,1,12,14-15,17-19H2,2-10H3,(H,41,45)(H,42,46)/t22-,25+,26?,27+,28+,31+/m1/s1. The predicted octanol–water partition coefficient (Wildman–Crippen LogP) is 4.39. The number of likely N-dealkylation sites (N-methyl/N-ethyl adjacent to an activating group) is 1. The minimum absolute atomic E-state index is 0.0231. The lowest BCUT2D eigenvalue weighted by Gasteiger charge is -2.60. The van der Waals surface area contributed by atoms with Gasteiger partial charge >= 0.3 is 6.09 Å². The van der Waals surface area contributed by atoms with Crippen LogP contribution in [0.15, 0.2) is 18.7 Å². The van der Waals surface area contributed by atoms with E-state index in [0.29, 0.717) is 41.6 Å². The second kappa shape index (κ2) is 15.0. The summed E-state index contributed by atoms with van der Waals surface area (Å²) in [5, 5.41) is 16.7. The molecule has 2 N–H and O–H groups in total. The van der Waals surface area contributed by atoms with Gasteiger partial charge in [0.2, 0.25) is 12.7 Å². The first-order valence-electron chi connectivity index (χ1n) is 17.9. The number of methoxy groups -OCH3 is 2. The van der Waals surface area contributed by atoms with Crippen molar-refractivity contribution in [2.75, 3.05) is 48.0 Å². The highest BCUT2D eigenvalue weighted by Gasteiger charge is 2.57. The van der Waals surface area contributed by atoms with Gasteiger partial charge in [0.1, 0.15) is 30.0 Å². The number of benzene rings is 2. The average Bonchev–Trinajstić information content (AvgIpc) is 3.59. The monoisotopic (exact) mass is 733 g/mol. The maximum Gasteiger partial charge on any atom is 0.408 e. The highest BCUT2D eigenvalue weighted by Crippen LogP contribution is 2.58. The van der Waals surface area contributed by atoms with Gasteiger partial charge in [-0.25, -0.2) is 4.79 Å². The summed E-state index contributed by atoms with van der Waals surface area (Å²) in [6, 6.07) is 2.01. The van der Waals surface area contributed by atoms with E-state index in [1.807, 2.05) is 13.8 Å². The highest BCUT2D eigenvalue weighted by atomic mass is 16.7. The van der Waals surface area contributed by atoms with Gasteiger partial charge in [0, 0.05) is 48.0 Å². The van der Waals surface area contributed by atoms with Crippen molar-refractivity contribution < 1.29 is 42.7 Å². The van der Waals surface area contributed by atoms with Crippen LogP contribution in [0.3, 0.4) is 0 Å². The lowest BCUT2D eigenvalue weighted by atomic mass is 9.71. The Balaban J connectivity index is 1.50. The zero-order chi connectivity index (χ0) is 38.4. The first-order chi connectivity index (χ1) is 25.3. The third-order valence-electron chi connectivity index (χ3n) is 10.5. The van der Waals surface area contributed by atoms with Crippen LogP contribution < -0.4 is 34.3 Å². The van der Waals surface area contributed by atoms with Crippen LogP contribution >= 0.6 is 0 Å². The van der Waals surface area contributed by atoms with Crippen LogP contribution in [-0.4, -0.2) is 99.6 Å². The molecule has 4 heterocycles. The molecule has 0 radical (unpaired) electrons. The maximum atomic E-state index is 13.7. The van der Waals surface area contributed by atoms with Crippen LogP contribution in [0.2, 0.25) is 0 Å². The molecule has 286 valence electrons. The number of hydrogen-bond acceptors (Lipinski definition) is 12. The van der Waals surface area contributed by atoms with Crippen molar-refractivity contribution in [3.05, 3.63) is 52.1 Å². The quantitative estimate of drug-likeness (QED) is 0.249. The van der Waals surface area contributed by atoms with E-state index in [2.05, 4.69) is 46.2 Å². The molecule has 1 saturated heterocycles. The van der Waals surface area contributed by atoms with Gasteiger partial charge in [-0.3, -0.25) is 14.6 Å². The first-order valence-corrected chi connectivity index (χ1v) is 17.9. The van der Waals surface area contributed by atoms with Crippen molar-refractivity contribution in [2.24, 2.45) is 0 Å². The fraction of sp³-hybridized carbons (Fsp3) is 0.564. The number of aryl methyl sites for hydroxylation is 1. The molecule has 0 aliphatic carbocycles. The van der Waals surface area contributed by atoms with E-state index in [-0.39, 0.29) is 44.9 Å². The van der Waals surface area contributed by atoms with Crippen molar-refractivity contribution in [1.82, 2.24) is 20.4 Å². The number of piperazine rings is 1. The van der Waals surface area contributed by atoms with Gasteiger partial charge in [0.05, 0.1) is 25.3 Å². The Morgan fingerprint density at radius 2 is 1.83 bits per heavy atom. The minimum Gasteiger partial charge on any atom is -0.493 e. The molecule has 4 aliphatic rings. The molecule has 2 aromatic rings. The number of hydrogen-bond donors (Lipinski definition) is 2. The van der Waals surface area contributed by atoms with Gasteiger partial charge in [-0.1, -0.05) is 18.7 Å². The summed E-state index contributed by atoms with van der Waals surface area (Å²) in [6.45, 7) is 15.1. The van der Waals surface area contributed by atoms with E-state index in [9.17, 15) is 14.9 Å². The number of ether oxygens (including phenoxy) is 7. The van der Waals surface area contributed by atoms with Gasteiger partial charge in [-0.15, -0.1) is 0 Å². The summed E-state index contributed by atoms with van der Waals surface area (Å²) >= 11 is 0. The summed E-state index contributed by atoms with van der Waals surface area (Å²) in [6.07, 6.45) is 2.07. The normalized spacial score (nSPS) is 23.4. The van der Waals surface area contributed by atoms with E-state index >= 15 is 0 Å². The molecule has 6 rings (SSSR count). The third-order valence-corrected chi connectivity index (χ3v) is 10.5. The predicted molar refractivity (Wildman–Crippen MR) is 195 cm³/mol. The molecule has 2 bridgehead atoms. The molecule has 4 aliphatic heterocycles. The Kier molecular flexibility index (Phi) is 10.7. The molecule has 0 spiro atoms. The Bertz CT molecular complexity index is 1820. The molecule has 2 amide bonds. The molecule has 14 heteroatoms. The van der Waals surface area contributed by atoms with Gasteiger partial charge in [0.15, 0.2) is 29.8 Å². The number of nitrogens with one attached hydrogen (secondary N) is 2. The minimum atomic E-state index is -0.903. The Hall–Kier alpha value is -4.71. The van der Waals surface area contributed by atoms with Crippen LogP contribution in [-0.2, 0) is 27.1 Å². The fourth-order valence-electron chi connectivity index (χ4n) is 8.50. The Morgan fingerprint density at radius 1 is 1.09 bits per heavy atom. The zero-order valence-electron chi connectivity index (χ0n) is 32.1. The fourth-order valence-corrected chi connectivity index (χ4v) is 8.50. The van der Waals surface area contributed by atoms with Crippen LogP contribution in [0, 0.1) is 25.2 Å². The van der Waals surface area contributed by atoms with Crippen LogP contribution in [0.1, 0.15) is 73.2 Å². The topological polar surface area (TPSA) is 153 Å². The zero-order valence-corrected chi connectivity index (χ0v) is 32.1. The smallest absolute Gasteiger partial charge is 0.408 e. The summed E-state index contributed by atoms with van der Waals surface area (Å²) < 4.78 is 41.6. The second-order valence-electron chi connectivity index (χ2n) is 15.0. The van der Waals surface area contributed by atoms with Crippen molar-refractivity contribution >= 4 is 12.0 Å². The average molecular weight is 734 g/mol. The molecule has 2 aromatic carbocycles. The molecule has 1 unspecified atom stereocenters. The van der Waals surface area contributed by atoms with Gasteiger partial charge < -0.3 is 43.8 Å². The number of carbonyl (C=O) groups is 2. The molecule has 1 fully saturated rings. The van der Waals surface area contributed by atoms with E-state index in [1.54, 1.807) is 48.0 Å². The number of nitriles is 1. The highest BCUT2D eigenvalue weighted by molar-refractivity contribution is 5.85. The number of nitrogens with zero attached hydrogens (tertiary/aromatic N) is 3. The SMILES string of the molecule is C=CCOc1c(C)c2c(c3c1CC1[C@H]4c5c(cc(C)c(OC)c5OCOC)C[C@@H]([C@H](C#N)N1[C@H]3CNC(=O)[C@@H](C)NC(=O)OC(C)(C)C)N4C)OCO2. The van der Waals surface area contributed by atoms with Gasteiger partial charge in [-0.05, 0) is 72.6 Å².